The minimum absolute atomic E-state index is 0.136. The van der Waals surface area contributed by atoms with Crippen molar-refractivity contribution < 1.29 is 13.2 Å². The van der Waals surface area contributed by atoms with E-state index in [-0.39, 0.29) is 29.1 Å². The summed E-state index contributed by atoms with van der Waals surface area (Å²) >= 11 is 0. The van der Waals surface area contributed by atoms with Crippen LogP contribution in [0.3, 0.4) is 0 Å². The molecule has 0 spiro atoms. The Morgan fingerprint density at radius 1 is 1.03 bits per heavy atom. The maximum absolute atomic E-state index is 13.2. The van der Waals surface area contributed by atoms with Gasteiger partial charge in [0.2, 0.25) is 15.9 Å². The molecule has 0 radical (unpaired) electrons. The molecule has 1 fully saturated rings. The normalized spacial score (nSPS) is 14.9. The Hall–Kier alpha value is -2.91. The van der Waals surface area contributed by atoms with Crippen molar-refractivity contribution in [1.29, 1.82) is 0 Å². The number of hydrogen-bond acceptors (Lipinski definition) is 4. The number of fused-ring (bicyclic) bond motifs is 1. The topological polar surface area (TPSA) is 93.4 Å². The Balaban J connectivity index is 1.62. The summed E-state index contributed by atoms with van der Waals surface area (Å²) in [6.07, 6.45) is 2.38. The third kappa shape index (κ3) is 4.74. The zero-order chi connectivity index (χ0) is 23.6. The molecule has 0 bridgehead atoms. The smallest absolute Gasteiger partial charge is 0.329 e. The van der Waals surface area contributed by atoms with Gasteiger partial charge in [0.25, 0.3) is 0 Å². The number of aromatic nitrogens is 2. The number of rotatable bonds is 8. The molecule has 0 saturated carbocycles. The molecule has 0 aliphatic carbocycles. The quantitative estimate of drug-likeness (QED) is 0.548. The number of nitrogens with one attached hydrogen (secondary N) is 1. The molecule has 4 rings (SSSR count). The minimum Gasteiger partial charge on any atom is -0.354 e. The van der Waals surface area contributed by atoms with Crippen molar-refractivity contribution in [3.8, 4) is 0 Å². The van der Waals surface area contributed by atoms with Crippen LogP contribution in [-0.2, 0) is 27.8 Å². The zero-order valence-corrected chi connectivity index (χ0v) is 19.8. The Bertz CT molecular complexity index is 1300. The minimum atomic E-state index is -3.64. The van der Waals surface area contributed by atoms with Crippen LogP contribution in [-0.4, -0.2) is 47.4 Å². The molecule has 3 aromatic rings. The molecule has 176 valence electrons. The highest BCUT2D eigenvalue weighted by molar-refractivity contribution is 7.89. The molecule has 1 aromatic heterocycles. The van der Waals surface area contributed by atoms with Crippen molar-refractivity contribution in [2.24, 2.45) is 0 Å². The summed E-state index contributed by atoms with van der Waals surface area (Å²) in [5.74, 6) is -0.288. The second kappa shape index (κ2) is 9.52. The van der Waals surface area contributed by atoms with Crippen LogP contribution in [0.15, 0.2) is 58.2 Å². The van der Waals surface area contributed by atoms with E-state index in [2.05, 4.69) is 5.32 Å². The lowest BCUT2D eigenvalue weighted by molar-refractivity contribution is -0.121. The van der Waals surface area contributed by atoms with Gasteiger partial charge in [-0.1, -0.05) is 30.3 Å². The van der Waals surface area contributed by atoms with Gasteiger partial charge in [0.05, 0.1) is 15.9 Å². The number of carbonyl (C=O) groups excluding carboxylic acids is 1. The molecule has 1 saturated heterocycles. The molecule has 9 heteroatoms. The summed E-state index contributed by atoms with van der Waals surface area (Å²) in [7, 11) is -3.64. The Morgan fingerprint density at radius 3 is 2.39 bits per heavy atom. The third-order valence-corrected chi connectivity index (χ3v) is 7.93. The molecule has 1 aliphatic rings. The van der Waals surface area contributed by atoms with Crippen LogP contribution in [0.4, 0.5) is 0 Å². The van der Waals surface area contributed by atoms with Crippen LogP contribution in [0.5, 0.6) is 0 Å². The van der Waals surface area contributed by atoms with Crippen LogP contribution < -0.4 is 11.0 Å². The zero-order valence-electron chi connectivity index (χ0n) is 19.0. The number of amides is 1. The van der Waals surface area contributed by atoms with E-state index in [1.165, 1.54) is 14.9 Å². The summed E-state index contributed by atoms with van der Waals surface area (Å²) in [6.45, 7) is 5.07. The van der Waals surface area contributed by atoms with Crippen molar-refractivity contribution in [2.75, 3.05) is 19.6 Å². The highest BCUT2D eigenvalue weighted by atomic mass is 32.2. The predicted molar refractivity (Wildman–Crippen MR) is 128 cm³/mol. The molecule has 1 N–H and O–H groups in total. The highest BCUT2D eigenvalue weighted by Crippen LogP contribution is 2.25. The van der Waals surface area contributed by atoms with E-state index in [9.17, 15) is 18.0 Å². The Kier molecular flexibility index (Phi) is 6.71. The summed E-state index contributed by atoms with van der Waals surface area (Å²) in [4.78, 5) is 26.0. The first kappa shape index (κ1) is 23.3. The van der Waals surface area contributed by atoms with Crippen LogP contribution >= 0.6 is 0 Å². The second-order valence-corrected chi connectivity index (χ2v) is 10.6. The van der Waals surface area contributed by atoms with Crippen molar-refractivity contribution in [3.63, 3.8) is 0 Å². The number of carbonyl (C=O) groups is 1. The van der Waals surface area contributed by atoms with Gasteiger partial charge in [-0.2, -0.15) is 4.31 Å². The van der Waals surface area contributed by atoms with Crippen LogP contribution in [0.25, 0.3) is 11.0 Å². The van der Waals surface area contributed by atoms with Gasteiger partial charge in [-0.15, -0.1) is 0 Å². The monoisotopic (exact) mass is 470 g/mol. The van der Waals surface area contributed by atoms with Crippen molar-refractivity contribution >= 4 is 27.0 Å². The van der Waals surface area contributed by atoms with Crippen molar-refractivity contribution in [3.05, 3.63) is 64.6 Å². The maximum atomic E-state index is 13.2. The average Bonchev–Trinajstić information content (AvgIpc) is 3.42. The number of sulfonamides is 1. The van der Waals surface area contributed by atoms with E-state index in [1.54, 1.807) is 16.7 Å². The lowest BCUT2D eigenvalue weighted by Crippen LogP contribution is -2.34. The molecule has 1 aliphatic heterocycles. The third-order valence-electron chi connectivity index (χ3n) is 6.03. The van der Waals surface area contributed by atoms with Crippen molar-refractivity contribution in [1.82, 2.24) is 18.8 Å². The van der Waals surface area contributed by atoms with Crippen LogP contribution in [0.2, 0.25) is 0 Å². The van der Waals surface area contributed by atoms with E-state index in [4.69, 9.17) is 0 Å². The average molecular weight is 471 g/mol. The molecule has 2 heterocycles. The fraction of sp³-hybridized carbons (Fsp3) is 0.417. The fourth-order valence-electron chi connectivity index (χ4n) is 4.34. The first-order valence-corrected chi connectivity index (χ1v) is 12.8. The standard InChI is InChI=1S/C24H30N4O4S/c1-18(2)28-21-11-10-20(33(31,32)26-14-6-7-15-26)16-22(21)27(24(28)30)17-23(29)25-13-12-19-8-4-3-5-9-19/h3-5,8-11,16,18H,6-7,12-15,17H2,1-2H3,(H,25,29). The Labute approximate surface area is 193 Å². The first-order valence-electron chi connectivity index (χ1n) is 11.3. The van der Waals surface area contributed by atoms with Gasteiger partial charge in [-0.3, -0.25) is 13.9 Å². The molecule has 1 amide bonds. The van der Waals surface area contributed by atoms with E-state index in [1.807, 2.05) is 44.2 Å². The van der Waals surface area contributed by atoms with Gasteiger partial charge in [0.1, 0.15) is 6.54 Å². The largest absolute Gasteiger partial charge is 0.354 e. The van der Waals surface area contributed by atoms with E-state index < -0.39 is 10.0 Å². The number of hydrogen-bond donors (Lipinski definition) is 1. The van der Waals surface area contributed by atoms with E-state index >= 15 is 0 Å². The van der Waals surface area contributed by atoms with E-state index in [0.29, 0.717) is 37.1 Å². The van der Waals surface area contributed by atoms with Gasteiger partial charge in [0.15, 0.2) is 0 Å². The summed E-state index contributed by atoms with van der Waals surface area (Å²) in [6, 6.07) is 14.4. The molecule has 0 atom stereocenters. The summed E-state index contributed by atoms with van der Waals surface area (Å²) in [5.41, 5.74) is 1.86. The number of imidazole rings is 1. The Morgan fingerprint density at radius 2 is 1.73 bits per heavy atom. The highest BCUT2D eigenvalue weighted by Gasteiger charge is 2.28. The number of nitrogens with zero attached hydrogens (tertiary/aromatic N) is 3. The van der Waals surface area contributed by atoms with Gasteiger partial charge in [-0.25, -0.2) is 13.2 Å². The van der Waals surface area contributed by atoms with Gasteiger partial charge in [0, 0.05) is 25.7 Å². The molecule has 8 nitrogen and oxygen atoms in total. The lowest BCUT2D eigenvalue weighted by atomic mass is 10.1. The molecular weight excluding hydrogens is 440 g/mol. The second-order valence-electron chi connectivity index (χ2n) is 8.68. The number of benzene rings is 2. The molecule has 2 aromatic carbocycles. The predicted octanol–water partition coefficient (Wildman–Crippen LogP) is 2.53. The van der Waals surface area contributed by atoms with Gasteiger partial charge in [-0.05, 0) is 56.9 Å². The summed E-state index contributed by atoms with van der Waals surface area (Å²) < 4.78 is 30.6. The SMILES string of the molecule is CC(C)n1c(=O)n(CC(=O)NCCc2ccccc2)c2cc(S(=O)(=O)N3CCCC3)ccc21. The maximum Gasteiger partial charge on any atom is 0.329 e. The first-order chi connectivity index (χ1) is 15.8. The van der Waals surface area contributed by atoms with E-state index in [0.717, 1.165) is 18.4 Å². The van der Waals surface area contributed by atoms with Gasteiger partial charge >= 0.3 is 5.69 Å². The van der Waals surface area contributed by atoms with Crippen LogP contribution in [0, 0.1) is 0 Å². The fourth-order valence-corrected chi connectivity index (χ4v) is 5.88. The lowest BCUT2D eigenvalue weighted by Gasteiger charge is -2.16. The molecule has 0 unspecified atom stereocenters. The molecular formula is C24H30N4O4S. The van der Waals surface area contributed by atoms with Crippen LogP contribution in [0.1, 0.15) is 38.3 Å². The molecule has 33 heavy (non-hydrogen) atoms. The summed E-state index contributed by atoms with van der Waals surface area (Å²) in [5, 5.41) is 2.87. The van der Waals surface area contributed by atoms with Crippen molar-refractivity contribution in [2.45, 2.75) is 50.6 Å². The van der Waals surface area contributed by atoms with Gasteiger partial charge < -0.3 is 5.32 Å².